The number of anilines is 2. The van der Waals surface area contributed by atoms with Crippen molar-refractivity contribution in [1.82, 2.24) is 24.6 Å². The van der Waals surface area contributed by atoms with Gasteiger partial charge in [-0.1, -0.05) is 56.3 Å². The number of ether oxygens (including phenoxy) is 1. The number of carbonyl (C=O) groups is 4. The molecular weight excluding hydrogens is 594 g/mol. The predicted octanol–water partition coefficient (Wildman–Crippen LogP) is 5.64. The fourth-order valence-electron chi connectivity index (χ4n) is 4.53. The van der Waals surface area contributed by atoms with E-state index in [2.05, 4.69) is 26.0 Å². The third-order valence-electron chi connectivity index (χ3n) is 6.89. The minimum absolute atomic E-state index is 0.0550. The maximum absolute atomic E-state index is 13.6. The van der Waals surface area contributed by atoms with Crippen molar-refractivity contribution in [3.05, 3.63) is 94.9 Å². The molecule has 0 spiro atoms. The highest BCUT2D eigenvalue weighted by molar-refractivity contribution is 7.20. The lowest BCUT2D eigenvalue weighted by Gasteiger charge is -2.26. The molecule has 0 aliphatic carbocycles. The van der Waals surface area contributed by atoms with Gasteiger partial charge in [0.1, 0.15) is 4.83 Å². The highest BCUT2D eigenvalue weighted by Gasteiger charge is 2.28. The van der Waals surface area contributed by atoms with Crippen molar-refractivity contribution in [2.24, 2.45) is 13.0 Å². The molecule has 3 heterocycles. The van der Waals surface area contributed by atoms with Crippen LogP contribution in [0.15, 0.2) is 73.1 Å². The Bertz CT molecular complexity index is 1890. The number of aromatic nitrogens is 4. The van der Waals surface area contributed by atoms with Crippen LogP contribution in [-0.4, -0.2) is 49.8 Å². The molecule has 232 valence electrons. The Kier molecular flexibility index (Phi) is 8.82. The first-order chi connectivity index (χ1) is 21.4. The minimum Gasteiger partial charge on any atom is -0.448 e. The van der Waals surface area contributed by atoms with Gasteiger partial charge in [-0.15, -0.1) is 16.4 Å². The average Bonchev–Trinajstić information content (AvgIpc) is 3.72. The molecule has 3 amide bonds. The smallest absolute Gasteiger partial charge is 0.436 e. The van der Waals surface area contributed by atoms with Gasteiger partial charge in [0.2, 0.25) is 0 Å². The van der Waals surface area contributed by atoms with Crippen LogP contribution in [0.3, 0.4) is 0 Å². The van der Waals surface area contributed by atoms with E-state index in [0.717, 1.165) is 21.6 Å². The van der Waals surface area contributed by atoms with E-state index in [1.807, 2.05) is 58.0 Å². The zero-order chi connectivity index (χ0) is 32.3. The largest absolute Gasteiger partial charge is 0.448 e. The van der Waals surface area contributed by atoms with Crippen molar-refractivity contribution < 1.29 is 23.9 Å². The Balaban J connectivity index is 1.46. The molecule has 3 aromatic heterocycles. The van der Waals surface area contributed by atoms with Crippen LogP contribution in [0, 0.1) is 5.92 Å². The molecule has 0 saturated carbocycles. The van der Waals surface area contributed by atoms with E-state index >= 15 is 0 Å². The summed E-state index contributed by atoms with van der Waals surface area (Å²) in [7, 11) is 1.69. The number of benzene rings is 2. The number of carbonyl (C=O) groups excluding carboxylic acids is 4. The third kappa shape index (κ3) is 6.78. The number of rotatable bonds is 9. The number of thiophene rings is 1. The van der Waals surface area contributed by atoms with Gasteiger partial charge in [0, 0.05) is 19.4 Å². The fourth-order valence-corrected chi connectivity index (χ4v) is 5.53. The third-order valence-corrected chi connectivity index (χ3v) is 8.00. The summed E-state index contributed by atoms with van der Waals surface area (Å²) in [4.78, 5) is 57.6. The second-order valence-electron chi connectivity index (χ2n) is 11.3. The molecule has 0 atom stereocenters. The first kappa shape index (κ1) is 31.1. The standard InChI is InChI=1S/C32H33N7O5S/c1-19(2)18-44-31(43)39-30-22(17-24(45-30)28(41)36-32(3,4)20-11-7-6-8-12-20)25(37-39)35-27(40)21-13-9-10-14-23(21)34-29(42)26-33-15-16-38(26)5/h6-17,19H,18H2,1-5H3,(H,34,42)(H,36,41)(H,35,37,40). The molecule has 0 unspecified atom stereocenters. The Morgan fingerprint density at radius 1 is 0.956 bits per heavy atom. The Morgan fingerprint density at radius 2 is 1.67 bits per heavy atom. The molecule has 12 nitrogen and oxygen atoms in total. The number of hydrogen-bond acceptors (Lipinski definition) is 8. The van der Waals surface area contributed by atoms with Crippen LogP contribution in [0.1, 0.15) is 63.9 Å². The van der Waals surface area contributed by atoms with E-state index in [1.54, 1.807) is 48.1 Å². The van der Waals surface area contributed by atoms with Gasteiger partial charge in [0.25, 0.3) is 17.7 Å². The second-order valence-corrected chi connectivity index (χ2v) is 12.4. The summed E-state index contributed by atoms with van der Waals surface area (Å²) in [6.45, 7) is 7.77. The van der Waals surface area contributed by atoms with Gasteiger partial charge >= 0.3 is 6.09 Å². The van der Waals surface area contributed by atoms with Crippen molar-refractivity contribution in [2.45, 2.75) is 33.2 Å². The number of hydrogen-bond donors (Lipinski definition) is 3. The molecule has 0 bridgehead atoms. The highest BCUT2D eigenvalue weighted by Crippen LogP contribution is 2.33. The van der Waals surface area contributed by atoms with Crippen molar-refractivity contribution in [3.8, 4) is 0 Å². The summed E-state index contributed by atoms with van der Waals surface area (Å²) in [5.74, 6) is -1.12. The van der Waals surface area contributed by atoms with Gasteiger partial charge < -0.3 is 25.3 Å². The van der Waals surface area contributed by atoms with E-state index in [4.69, 9.17) is 4.74 Å². The molecule has 0 fully saturated rings. The Morgan fingerprint density at radius 3 is 2.36 bits per heavy atom. The zero-order valence-corrected chi connectivity index (χ0v) is 26.3. The molecular formula is C32H33N7O5S. The number of nitrogens with one attached hydrogen (secondary N) is 3. The van der Waals surface area contributed by atoms with Crippen LogP contribution in [0.4, 0.5) is 16.3 Å². The lowest BCUT2D eigenvalue weighted by molar-refractivity contribution is 0.0915. The first-order valence-corrected chi connectivity index (χ1v) is 15.0. The summed E-state index contributed by atoms with van der Waals surface area (Å²) in [5, 5.41) is 13.3. The van der Waals surface area contributed by atoms with Crippen LogP contribution in [-0.2, 0) is 17.3 Å². The summed E-state index contributed by atoms with van der Waals surface area (Å²) < 4.78 is 8.02. The number of aryl methyl sites for hydroxylation is 1. The molecule has 0 saturated heterocycles. The molecule has 2 aromatic carbocycles. The maximum Gasteiger partial charge on any atom is 0.436 e. The predicted molar refractivity (Wildman–Crippen MR) is 172 cm³/mol. The lowest BCUT2D eigenvalue weighted by atomic mass is 9.94. The Hall–Kier alpha value is -5.30. The van der Waals surface area contributed by atoms with Gasteiger partial charge in [0.05, 0.1) is 33.7 Å². The molecule has 45 heavy (non-hydrogen) atoms. The van der Waals surface area contributed by atoms with Crippen molar-refractivity contribution in [2.75, 3.05) is 17.2 Å². The van der Waals surface area contributed by atoms with Crippen molar-refractivity contribution >= 4 is 56.9 Å². The van der Waals surface area contributed by atoms with E-state index in [1.165, 1.54) is 6.20 Å². The monoisotopic (exact) mass is 627 g/mol. The number of nitrogens with zero attached hydrogens (tertiary/aromatic N) is 4. The molecule has 3 N–H and O–H groups in total. The number of para-hydroxylation sites is 1. The summed E-state index contributed by atoms with van der Waals surface area (Å²) in [6.07, 6.45) is 2.40. The van der Waals surface area contributed by atoms with E-state index in [-0.39, 0.29) is 41.3 Å². The van der Waals surface area contributed by atoms with Crippen molar-refractivity contribution in [1.29, 1.82) is 0 Å². The molecule has 5 aromatic rings. The summed E-state index contributed by atoms with van der Waals surface area (Å²) in [5.41, 5.74) is 0.646. The van der Waals surface area contributed by atoms with Crippen LogP contribution in [0.25, 0.3) is 10.2 Å². The van der Waals surface area contributed by atoms with Gasteiger partial charge in [0.15, 0.2) is 11.6 Å². The van der Waals surface area contributed by atoms with Gasteiger partial charge in [-0.2, -0.15) is 4.68 Å². The normalized spacial score (nSPS) is 11.4. The topological polar surface area (TPSA) is 149 Å². The van der Waals surface area contributed by atoms with Gasteiger partial charge in [-0.25, -0.2) is 9.78 Å². The quantitative estimate of drug-likeness (QED) is 0.191. The number of amides is 3. The summed E-state index contributed by atoms with van der Waals surface area (Å²) >= 11 is 1.06. The molecule has 0 radical (unpaired) electrons. The fraction of sp³-hybridized carbons (Fsp3) is 0.250. The minimum atomic E-state index is -0.740. The highest BCUT2D eigenvalue weighted by atomic mass is 32.1. The van der Waals surface area contributed by atoms with Crippen LogP contribution in [0.2, 0.25) is 0 Å². The summed E-state index contributed by atoms with van der Waals surface area (Å²) in [6, 6.07) is 17.6. The zero-order valence-electron chi connectivity index (χ0n) is 25.5. The SMILES string of the molecule is CC(C)COC(=O)n1nc(NC(=O)c2ccccc2NC(=O)c2nccn2C)c2cc(C(=O)NC(C)(C)c3ccccc3)sc21. The van der Waals surface area contributed by atoms with E-state index in [0.29, 0.717) is 15.1 Å². The van der Waals surface area contributed by atoms with Crippen LogP contribution in [0.5, 0.6) is 0 Å². The Labute approximate surface area is 263 Å². The second kappa shape index (κ2) is 12.7. The first-order valence-electron chi connectivity index (χ1n) is 14.2. The number of imidazole rings is 1. The van der Waals surface area contributed by atoms with Crippen LogP contribution >= 0.6 is 11.3 Å². The van der Waals surface area contributed by atoms with Gasteiger partial charge in [-0.3, -0.25) is 14.4 Å². The van der Waals surface area contributed by atoms with Crippen LogP contribution < -0.4 is 16.0 Å². The lowest BCUT2D eigenvalue weighted by Crippen LogP contribution is -2.40. The maximum atomic E-state index is 13.6. The number of fused-ring (bicyclic) bond motifs is 1. The van der Waals surface area contributed by atoms with E-state index in [9.17, 15) is 19.2 Å². The molecule has 13 heteroatoms. The van der Waals surface area contributed by atoms with E-state index < -0.39 is 23.4 Å². The van der Waals surface area contributed by atoms with Gasteiger partial charge in [-0.05, 0) is 43.5 Å². The molecule has 0 aliphatic rings. The van der Waals surface area contributed by atoms with Crippen molar-refractivity contribution in [3.63, 3.8) is 0 Å². The average molecular weight is 628 g/mol. The molecule has 0 aliphatic heterocycles. The molecule has 5 rings (SSSR count).